The highest BCUT2D eigenvalue weighted by molar-refractivity contribution is 6.50. The molecule has 0 aromatic heterocycles. The lowest BCUT2D eigenvalue weighted by Crippen LogP contribution is -2.33. The summed E-state index contributed by atoms with van der Waals surface area (Å²) in [6.07, 6.45) is -5.04. The Morgan fingerprint density at radius 1 is 1.21 bits per heavy atom. The molecule has 0 spiro atoms. The van der Waals surface area contributed by atoms with E-state index < -0.39 is 23.9 Å². The number of aromatic hydroxyl groups is 1. The first-order valence-electron chi connectivity index (χ1n) is 7.64. The highest BCUT2D eigenvalue weighted by Crippen LogP contribution is 2.35. The fourth-order valence-electron chi connectivity index (χ4n) is 2.64. The van der Waals surface area contributed by atoms with Crippen LogP contribution in [0.4, 0.5) is 23.7 Å². The zero-order valence-corrected chi connectivity index (χ0v) is 14.6. The van der Waals surface area contributed by atoms with Crippen LogP contribution >= 0.6 is 11.6 Å². The largest absolute Gasteiger partial charge is 0.573 e. The molecule has 7 nitrogen and oxygen atoms in total. The minimum atomic E-state index is -4.87. The molecule has 0 radical (unpaired) electrons. The molecule has 146 valence electrons. The molecule has 3 rings (SSSR count). The number of phenolic OH excluding ortho intramolecular Hbond substituents is 1. The molecule has 0 atom stereocenters. The van der Waals surface area contributed by atoms with Crippen LogP contribution in [-0.2, 0) is 11.2 Å². The van der Waals surface area contributed by atoms with E-state index in [1.165, 1.54) is 12.1 Å². The van der Waals surface area contributed by atoms with Crippen LogP contribution in [0.25, 0.3) is 0 Å². The first-order valence-corrected chi connectivity index (χ1v) is 8.02. The number of fused-ring (bicyclic) bond motifs is 1. The lowest BCUT2D eigenvalue weighted by Gasteiger charge is -2.16. The number of benzene rings is 2. The number of hydrogen-bond donors (Lipinski definition) is 2. The first-order chi connectivity index (χ1) is 13.1. The summed E-state index contributed by atoms with van der Waals surface area (Å²) in [4.78, 5) is 24.1. The van der Waals surface area contributed by atoms with E-state index in [-0.39, 0.29) is 39.7 Å². The minimum absolute atomic E-state index is 0.00830. The molecule has 2 amide bonds. The molecule has 2 aromatic carbocycles. The Bertz CT molecular complexity index is 990. The van der Waals surface area contributed by atoms with Crippen LogP contribution in [-0.4, -0.2) is 29.0 Å². The third-order valence-corrected chi connectivity index (χ3v) is 4.12. The van der Waals surface area contributed by atoms with Gasteiger partial charge in [-0.1, -0.05) is 17.7 Å². The average molecular weight is 414 g/mol. The Kier molecular flexibility index (Phi) is 4.90. The van der Waals surface area contributed by atoms with Crippen molar-refractivity contribution >= 4 is 34.8 Å². The Hall–Kier alpha value is -3.27. The number of alkyl halides is 3. The standard InChI is InChI=1S/C17H11ClF3N3O4/c18-12-6-5-10-11(15(12)26)7-13(25)14(10)23-24(16(22)27)8-1-3-9(4-2-8)28-17(19,20)21/h1-6,26H,7H2,(H2,22,27)/b23-14-. The van der Waals surface area contributed by atoms with Crippen molar-refractivity contribution in [3.63, 3.8) is 0 Å². The van der Waals surface area contributed by atoms with E-state index in [9.17, 15) is 27.9 Å². The van der Waals surface area contributed by atoms with Crippen molar-refractivity contribution < 1.29 is 32.6 Å². The van der Waals surface area contributed by atoms with Gasteiger partial charge in [-0.2, -0.15) is 10.1 Å². The van der Waals surface area contributed by atoms with Crippen molar-refractivity contribution in [2.75, 3.05) is 5.01 Å². The lowest BCUT2D eigenvalue weighted by atomic mass is 10.1. The van der Waals surface area contributed by atoms with E-state index in [0.29, 0.717) is 5.01 Å². The summed E-state index contributed by atoms with van der Waals surface area (Å²) in [5.74, 6) is -1.26. The number of hydrazone groups is 1. The predicted octanol–water partition coefficient (Wildman–Crippen LogP) is 3.36. The van der Waals surface area contributed by atoms with E-state index in [4.69, 9.17) is 17.3 Å². The van der Waals surface area contributed by atoms with Gasteiger partial charge in [0.15, 0.2) is 5.78 Å². The second-order valence-corrected chi connectivity index (χ2v) is 6.07. The van der Waals surface area contributed by atoms with Gasteiger partial charge in [0.25, 0.3) is 0 Å². The number of anilines is 1. The molecule has 2 aromatic rings. The van der Waals surface area contributed by atoms with E-state index >= 15 is 0 Å². The SMILES string of the molecule is NC(=O)N(/N=C1\C(=O)Cc2c1ccc(Cl)c2O)c1ccc(OC(F)(F)F)cc1. The van der Waals surface area contributed by atoms with E-state index in [0.717, 1.165) is 24.3 Å². The number of phenols is 1. The van der Waals surface area contributed by atoms with Crippen molar-refractivity contribution in [2.45, 2.75) is 12.8 Å². The third kappa shape index (κ3) is 3.86. The number of carbonyl (C=O) groups excluding carboxylic acids is 2. The van der Waals surface area contributed by atoms with Crippen molar-refractivity contribution in [3.8, 4) is 11.5 Å². The molecule has 0 fully saturated rings. The Balaban J connectivity index is 1.98. The molecule has 1 aliphatic carbocycles. The summed E-state index contributed by atoms with van der Waals surface area (Å²) in [7, 11) is 0. The van der Waals surface area contributed by atoms with Gasteiger partial charge >= 0.3 is 12.4 Å². The number of primary amides is 1. The average Bonchev–Trinajstić information content (AvgIpc) is 2.91. The van der Waals surface area contributed by atoms with Gasteiger partial charge in [-0.3, -0.25) is 4.79 Å². The van der Waals surface area contributed by atoms with Crippen molar-refractivity contribution in [3.05, 3.63) is 52.5 Å². The number of hydrogen-bond acceptors (Lipinski definition) is 5. The van der Waals surface area contributed by atoms with E-state index in [2.05, 4.69) is 9.84 Å². The number of halogens is 4. The number of amides is 2. The van der Waals surface area contributed by atoms with Crippen LogP contribution in [0.15, 0.2) is 41.5 Å². The summed E-state index contributed by atoms with van der Waals surface area (Å²) < 4.78 is 40.5. The molecular formula is C17H11ClF3N3O4. The van der Waals surface area contributed by atoms with Gasteiger partial charge in [0.2, 0.25) is 0 Å². The number of carbonyl (C=O) groups is 2. The molecule has 0 saturated carbocycles. The molecule has 0 aliphatic heterocycles. The quantitative estimate of drug-likeness (QED) is 0.752. The van der Waals surface area contributed by atoms with E-state index in [1.807, 2.05) is 0 Å². The number of nitrogens with two attached hydrogens (primary N) is 1. The number of nitrogens with zero attached hydrogens (tertiary/aromatic N) is 2. The first kappa shape index (κ1) is 19.5. The molecular weight excluding hydrogens is 403 g/mol. The van der Waals surface area contributed by atoms with Crippen molar-refractivity contribution in [1.82, 2.24) is 0 Å². The van der Waals surface area contributed by atoms with Crippen molar-refractivity contribution in [2.24, 2.45) is 10.8 Å². The summed E-state index contributed by atoms with van der Waals surface area (Å²) >= 11 is 5.82. The Morgan fingerprint density at radius 2 is 1.86 bits per heavy atom. The number of ether oxygens (including phenoxy) is 1. The van der Waals surface area contributed by atoms with Crippen LogP contribution in [0.1, 0.15) is 11.1 Å². The van der Waals surface area contributed by atoms with E-state index in [1.54, 1.807) is 0 Å². The molecule has 0 bridgehead atoms. The molecule has 0 unspecified atom stereocenters. The monoisotopic (exact) mass is 413 g/mol. The number of urea groups is 1. The molecule has 28 heavy (non-hydrogen) atoms. The number of rotatable bonds is 3. The van der Waals surface area contributed by atoms with Gasteiger partial charge in [-0.05, 0) is 30.3 Å². The third-order valence-electron chi connectivity index (χ3n) is 3.81. The number of ketones is 1. The number of Topliss-reactive ketones (excluding diaryl/α,β-unsaturated/α-hetero) is 1. The zero-order chi connectivity index (χ0) is 20.6. The minimum Gasteiger partial charge on any atom is -0.506 e. The summed E-state index contributed by atoms with van der Waals surface area (Å²) in [6, 6.07) is 5.92. The fourth-order valence-corrected chi connectivity index (χ4v) is 2.81. The van der Waals surface area contributed by atoms with Gasteiger partial charge in [0.05, 0.1) is 10.7 Å². The Morgan fingerprint density at radius 3 is 2.43 bits per heavy atom. The predicted molar refractivity (Wildman–Crippen MR) is 93.6 cm³/mol. The van der Waals surface area contributed by atoms with Crippen LogP contribution in [0.5, 0.6) is 11.5 Å². The Labute approximate surface area is 160 Å². The second kappa shape index (κ2) is 7.04. The molecule has 11 heteroatoms. The van der Waals surface area contributed by atoms with Crippen LogP contribution < -0.4 is 15.5 Å². The lowest BCUT2D eigenvalue weighted by molar-refractivity contribution is -0.274. The van der Waals surface area contributed by atoms with Gasteiger partial charge in [0, 0.05) is 17.5 Å². The van der Waals surface area contributed by atoms with Gasteiger partial charge in [-0.15, -0.1) is 13.2 Å². The maximum Gasteiger partial charge on any atom is 0.573 e. The second-order valence-electron chi connectivity index (χ2n) is 5.66. The molecule has 3 N–H and O–H groups in total. The summed E-state index contributed by atoms with van der Waals surface area (Å²) in [6.45, 7) is 0. The molecule has 0 heterocycles. The fraction of sp³-hybridized carbons (Fsp3) is 0.118. The normalized spacial score (nSPS) is 14.9. The molecule has 0 saturated heterocycles. The smallest absolute Gasteiger partial charge is 0.506 e. The summed E-state index contributed by atoms with van der Waals surface area (Å²) in [5, 5.41) is 14.7. The molecule has 1 aliphatic rings. The maximum absolute atomic E-state index is 12.3. The highest BCUT2D eigenvalue weighted by atomic mass is 35.5. The maximum atomic E-state index is 12.3. The van der Waals surface area contributed by atoms with Crippen LogP contribution in [0.2, 0.25) is 5.02 Å². The van der Waals surface area contributed by atoms with Crippen LogP contribution in [0, 0.1) is 0 Å². The topological polar surface area (TPSA) is 105 Å². The summed E-state index contributed by atoms with van der Waals surface area (Å²) in [5.41, 5.74) is 5.69. The van der Waals surface area contributed by atoms with Crippen LogP contribution in [0.3, 0.4) is 0 Å². The zero-order valence-electron chi connectivity index (χ0n) is 13.8. The van der Waals surface area contributed by atoms with Gasteiger partial charge in [0.1, 0.15) is 17.2 Å². The van der Waals surface area contributed by atoms with Gasteiger partial charge < -0.3 is 15.6 Å². The highest BCUT2D eigenvalue weighted by Gasteiger charge is 2.32. The van der Waals surface area contributed by atoms with Crippen molar-refractivity contribution in [1.29, 1.82) is 0 Å². The van der Waals surface area contributed by atoms with Gasteiger partial charge in [-0.25, -0.2) is 4.79 Å².